The van der Waals surface area contributed by atoms with E-state index < -0.39 is 0 Å². The largest absolute Gasteiger partial charge is 0.390 e. The summed E-state index contributed by atoms with van der Waals surface area (Å²) < 4.78 is 5.56. The maximum absolute atomic E-state index is 8.84. The highest BCUT2D eigenvalue weighted by Gasteiger charge is 2.18. The lowest BCUT2D eigenvalue weighted by Crippen LogP contribution is -2.11. The van der Waals surface area contributed by atoms with Gasteiger partial charge < -0.3 is 9.84 Å². The first-order chi connectivity index (χ1) is 6.40. The van der Waals surface area contributed by atoms with E-state index in [-0.39, 0.29) is 12.7 Å². The van der Waals surface area contributed by atoms with Gasteiger partial charge in [0, 0.05) is 6.61 Å². The second-order valence-electron chi connectivity index (χ2n) is 3.33. The number of rotatable bonds is 2. The number of hydrogen-bond donors (Lipinski definition) is 2. The Hall–Kier alpha value is -0.870. The molecule has 0 bridgehead atoms. The highest BCUT2D eigenvalue weighted by molar-refractivity contribution is 5.10. The summed E-state index contributed by atoms with van der Waals surface area (Å²) in [5.74, 6) is 0. The molecule has 4 nitrogen and oxygen atoms in total. The molecule has 13 heavy (non-hydrogen) atoms. The van der Waals surface area contributed by atoms with Gasteiger partial charge in [-0.3, -0.25) is 5.10 Å². The zero-order valence-electron chi connectivity index (χ0n) is 7.49. The van der Waals surface area contributed by atoms with Crippen LogP contribution in [-0.2, 0) is 11.3 Å². The molecule has 0 amide bonds. The fraction of sp³-hybridized carbons (Fsp3) is 0.667. The van der Waals surface area contributed by atoms with Crippen LogP contribution in [-0.4, -0.2) is 21.9 Å². The molecular weight excluding hydrogens is 168 g/mol. The molecule has 0 saturated carbocycles. The van der Waals surface area contributed by atoms with Crippen molar-refractivity contribution in [1.29, 1.82) is 0 Å². The second kappa shape index (κ2) is 3.89. The second-order valence-corrected chi connectivity index (χ2v) is 3.33. The zero-order chi connectivity index (χ0) is 9.10. The number of aromatic amines is 1. The van der Waals surface area contributed by atoms with E-state index in [1.54, 1.807) is 0 Å². The van der Waals surface area contributed by atoms with Crippen LogP contribution < -0.4 is 0 Å². The summed E-state index contributed by atoms with van der Waals surface area (Å²) in [4.78, 5) is 0. The number of aliphatic hydroxyl groups excluding tert-OH is 1. The van der Waals surface area contributed by atoms with Crippen LogP contribution in [0, 0.1) is 0 Å². The van der Waals surface area contributed by atoms with Crippen molar-refractivity contribution >= 4 is 0 Å². The Morgan fingerprint density at radius 2 is 2.54 bits per heavy atom. The number of nitrogens with one attached hydrogen (secondary N) is 1. The molecule has 1 fully saturated rings. The molecule has 1 atom stereocenters. The van der Waals surface area contributed by atoms with Crippen molar-refractivity contribution in [3.05, 3.63) is 17.5 Å². The quantitative estimate of drug-likeness (QED) is 0.721. The Morgan fingerprint density at radius 1 is 1.62 bits per heavy atom. The lowest BCUT2D eigenvalue weighted by Gasteiger charge is -2.20. The average molecular weight is 182 g/mol. The minimum atomic E-state index is 0.0136. The highest BCUT2D eigenvalue weighted by atomic mass is 16.5. The highest BCUT2D eigenvalue weighted by Crippen LogP contribution is 2.26. The van der Waals surface area contributed by atoms with Crippen molar-refractivity contribution < 1.29 is 9.84 Å². The summed E-state index contributed by atoms with van der Waals surface area (Å²) >= 11 is 0. The maximum atomic E-state index is 8.84. The molecule has 1 aromatic rings. The molecule has 0 aromatic carbocycles. The van der Waals surface area contributed by atoms with Gasteiger partial charge in [-0.2, -0.15) is 5.10 Å². The van der Waals surface area contributed by atoms with E-state index in [4.69, 9.17) is 9.84 Å². The van der Waals surface area contributed by atoms with Crippen LogP contribution in [0.4, 0.5) is 0 Å². The van der Waals surface area contributed by atoms with E-state index in [0.717, 1.165) is 30.8 Å². The van der Waals surface area contributed by atoms with Crippen LogP contribution in [0.3, 0.4) is 0 Å². The Morgan fingerprint density at radius 3 is 3.15 bits per heavy atom. The molecule has 0 aliphatic carbocycles. The molecular formula is C9H14N2O2. The number of aliphatic hydroxyl groups is 1. The maximum Gasteiger partial charge on any atom is 0.101 e. The zero-order valence-corrected chi connectivity index (χ0v) is 7.49. The van der Waals surface area contributed by atoms with Gasteiger partial charge in [-0.05, 0) is 25.3 Å². The van der Waals surface area contributed by atoms with E-state index in [1.807, 2.05) is 6.07 Å². The Balaban J connectivity index is 2.05. The summed E-state index contributed by atoms with van der Waals surface area (Å²) in [7, 11) is 0. The molecule has 2 heterocycles. The van der Waals surface area contributed by atoms with Gasteiger partial charge in [-0.25, -0.2) is 0 Å². The van der Waals surface area contributed by atoms with E-state index in [1.165, 1.54) is 6.42 Å². The summed E-state index contributed by atoms with van der Waals surface area (Å²) in [6, 6.07) is 1.87. The van der Waals surface area contributed by atoms with Crippen LogP contribution in [0.2, 0.25) is 0 Å². The van der Waals surface area contributed by atoms with Gasteiger partial charge in [0.1, 0.15) is 6.10 Å². The van der Waals surface area contributed by atoms with Gasteiger partial charge >= 0.3 is 0 Å². The number of hydrogen-bond acceptors (Lipinski definition) is 3. The standard InChI is InChI=1S/C9H14N2O2/c12-6-7-5-8(11-10-7)9-3-1-2-4-13-9/h5,9,12H,1-4,6H2,(H,10,11). The number of aromatic nitrogens is 2. The molecule has 1 aliphatic rings. The topological polar surface area (TPSA) is 58.1 Å². The third-order valence-corrected chi connectivity index (χ3v) is 2.33. The van der Waals surface area contributed by atoms with Crippen molar-refractivity contribution in [3.63, 3.8) is 0 Å². The fourth-order valence-electron chi connectivity index (χ4n) is 1.60. The van der Waals surface area contributed by atoms with Crippen molar-refractivity contribution in [2.24, 2.45) is 0 Å². The number of H-pyrrole nitrogens is 1. The molecule has 4 heteroatoms. The van der Waals surface area contributed by atoms with Gasteiger partial charge in [0.2, 0.25) is 0 Å². The molecule has 1 unspecified atom stereocenters. The summed E-state index contributed by atoms with van der Waals surface area (Å²) in [6.45, 7) is 0.839. The van der Waals surface area contributed by atoms with Crippen LogP contribution in [0.25, 0.3) is 0 Å². The number of nitrogens with zero attached hydrogens (tertiary/aromatic N) is 1. The Labute approximate surface area is 76.9 Å². The molecule has 0 radical (unpaired) electrons. The summed E-state index contributed by atoms with van der Waals surface area (Å²) in [5.41, 5.74) is 1.67. The lowest BCUT2D eigenvalue weighted by atomic mass is 10.1. The van der Waals surface area contributed by atoms with E-state index in [0.29, 0.717) is 0 Å². The minimum absolute atomic E-state index is 0.0136. The summed E-state index contributed by atoms with van der Waals surface area (Å²) in [6.07, 6.45) is 3.51. The van der Waals surface area contributed by atoms with Crippen molar-refractivity contribution in [2.45, 2.75) is 32.0 Å². The number of ether oxygens (including phenoxy) is 1. The lowest BCUT2D eigenvalue weighted by molar-refractivity contribution is 0.0123. The monoisotopic (exact) mass is 182 g/mol. The molecule has 72 valence electrons. The normalized spacial score (nSPS) is 23.3. The first kappa shape index (κ1) is 8.72. The Kier molecular flexibility index (Phi) is 2.61. The van der Waals surface area contributed by atoms with Crippen molar-refractivity contribution in [3.8, 4) is 0 Å². The van der Waals surface area contributed by atoms with Crippen molar-refractivity contribution in [2.75, 3.05) is 6.61 Å². The summed E-state index contributed by atoms with van der Waals surface area (Å²) in [5, 5.41) is 15.7. The van der Waals surface area contributed by atoms with Crippen LogP contribution in [0.1, 0.15) is 36.8 Å². The molecule has 2 N–H and O–H groups in total. The van der Waals surface area contributed by atoms with Crippen LogP contribution in [0.15, 0.2) is 6.07 Å². The van der Waals surface area contributed by atoms with Gasteiger partial charge in [0.15, 0.2) is 0 Å². The molecule has 0 spiro atoms. The first-order valence-electron chi connectivity index (χ1n) is 4.67. The molecule has 1 aliphatic heterocycles. The van der Waals surface area contributed by atoms with Crippen LogP contribution >= 0.6 is 0 Å². The Bertz CT molecular complexity index is 266. The minimum Gasteiger partial charge on any atom is -0.390 e. The third-order valence-electron chi connectivity index (χ3n) is 2.33. The molecule has 1 saturated heterocycles. The van der Waals surface area contributed by atoms with Crippen molar-refractivity contribution in [1.82, 2.24) is 10.2 Å². The van der Waals surface area contributed by atoms with E-state index >= 15 is 0 Å². The van der Waals surface area contributed by atoms with Gasteiger partial charge in [0.05, 0.1) is 18.0 Å². The molecule has 2 rings (SSSR count). The average Bonchev–Trinajstić information content (AvgIpc) is 2.67. The van der Waals surface area contributed by atoms with E-state index in [9.17, 15) is 0 Å². The van der Waals surface area contributed by atoms with Gasteiger partial charge in [-0.15, -0.1) is 0 Å². The molecule has 1 aromatic heterocycles. The predicted octanol–water partition coefficient (Wildman–Crippen LogP) is 1.14. The fourth-order valence-corrected chi connectivity index (χ4v) is 1.60. The smallest absolute Gasteiger partial charge is 0.101 e. The third kappa shape index (κ3) is 1.89. The van der Waals surface area contributed by atoms with Crippen LogP contribution in [0.5, 0.6) is 0 Å². The predicted molar refractivity (Wildman–Crippen MR) is 47.1 cm³/mol. The van der Waals surface area contributed by atoms with E-state index in [2.05, 4.69) is 10.2 Å². The van der Waals surface area contributed by atoms with Gasteiger partial charge in [-0.1, -0.05) is 0 Å². The van der Waals surface area contributed by atoms with Gasteiger partial charge in [0.25, 0.3) is 0 Å². The first-order valence-corrected chi connectivity index (χ1v) is 4.67. The SMILES string of the molecule is OCc1cc(C2CCCCO2)n[nH]1.